The van der Waals surface area contributed by atoms with E-state index in [0.29, 0.717) is 6.54 Å². The molecule has 0 saturated carbocycles. The van der Waals surface area contributed by atoms with E-state index >= 15 is 0 Å². The van der Waals surface area contributed by atoms with Gasteiger partial charge in [-0.1, -0.05) is 59.7 Å². The molecule has 0 saturated heterocycles. The molecule has 0 unspecified atom stereocenters. The summed E-state index contributed by atoms with van der Waals surface area (Å²) in [6.07, 6.45) is 5.15. The van der Waals surface area contributed by atoms with E-state index < -0.39 is 0 Å². The molecular formula is C19H29N. The second kappa shape index (κ2) is 6.43. The zero-order valence-electron chi connectivity index (χ0n) is 13.9. The van der Waals surface area contributed by atoms with E-state index in [4.69, 9.17) is 5.73 Å². The standard InChI is InChI=1S/C19H29N/c1-18(2,3)12-7-8-16-14-15(11-13-20)9-10-17(16)19(4,5)6/h8-10,12,14H,11,13,20H2,1-6H3. The molecule has 0 radical (unpaired) electrons. The van der Waals surface area contributed by atoms with Gasteiger partial charge in [-0.05, 0) is 52.6 Å². The number of hydrogen-bond donors (Lipinski definition) is 1. The first-order valence-electron chi connectivity index (χ1n) is 7.40. The van der Waals surface area contributed by atoms with Crippen LogP contribution in [0.4, 0.5) is 0 Å². The minimum Gasteiger partial charge on any atom is -0.330 e. The van der Waals surface area contributed by atoms with Gasteiger partial charge in [-0.2, -0.15) is 0 Å². The third-order valence-corrected chi connectivity index (χ3v) is 3.11. The average molecular weight is 271 g/mol. The van der Waals surface area contributed by atoms with Crippen LogP contribution in [0.5, 0.6) is 0 Å². The van der Waals surface area contributed by atoms with Crippen molar-refractivity contribution in [2.75, 3.05) is 6.54 Å². The van der Waals surface area contributed by atoms with Gasteiger partial charge in [0.15, 0.2) is 0 Å². The van der Waals surface area contributed by atoms with Gasteiger partial charge in [0.25, 0.3) is 0 Å². The summed E-state index contributed by atoms with van der Waals surface area (Å²) in [6.45, 7) is 14.0. The minimum atomic E-state index is 0.135. The van der Waals surface area contributed by atoms with Gasteiger partial charge >= 0.3 is 0 Å². The molecule has 1 aromatic rings. The van der Waals surface area contributed by atoms with Crippen molar-refractivity contribution in [1.29, 1.82) is 0 Å². The monoisotopic (exact) mass is 271 g/mol. The number of allylic oxidation sites excluding steroid dienone is 1. The maximum Gasteiger partial charge on any atom is -0.00367 e. The summed E-state index contributed by atoms with van der Waals surface area (Å²) in [7, 11) is 0. The second-order valence-corrected chi connectivity index (χ2v) is 7.53. The van der Waals surface area contributed by atoms with Crippen LogP contribution in [-0.4, -0.2) is 6.54 Å². The molecule has 0 fully saturated rings. The Morgan fingerprint density at radius 1 is 1.10 bits per heavy atom. The van der Waals surface area contributed by atoms with E-state index in [1.807, 2.05) is 0 Å². The number of rotatable bonds is 3. The highest BCUT2D eigenvalue weighted by atomic mass is 14.5. The van der Waals surface area contributed by atoms with Crippen molar-refractivity contribution in [1.82, 2.24) is 0 Å². The highest BCUT2D eigenvalue weighted by Gasteiger charge is 2.16. The molecule has 0 atom stereocenters. The lowest BCUT2D eigenvalue weighted by atomic mass is 9.82. The molecule has 1 rings (SSSR count). The van der Waals surface area contributed by atoms with Crippen LogP contribution in [0.2, 0.25) is 0 Å². The van der Waals surface area contributed by atoms with Crippen LogP contribution in [0.3, 0.4) is 0 Å². The molecular weight excluding hydrogens is 242 g/mol. The molecule has 0 heterocycles. The van der Waals surface area contributed by atoms with E-state index in [-0.39, 0.29) is 10.8 Å². The quantitative estimate of drug-likeness (QED) is 0.792. The van der Waals surface area contributed by atoms with E-state index in [1.54, 1.807) is 0 Å². The normalized spacial score (nSPS) is 11.9. The fourth-order valence-electron chi connectivity index (χ4n) is 2.12. The van der Waals surface area contributed by atoms with Crippen molar-refractivity contribution < 1.29 is 0 Å². The van der Waals surface area contributed by atoms with Crippen LogP contribution < -0.4 is 5.73 Å². The van der Waals surface area contributed by atoms with Crippen molar-refractivity contribution in [3.05, 3.63) is 46.7 Å². The topological polar surface area (TPSA) is 26.0 Å². The van der Waals surface area contributed by atoms with Crippen LogP contribution in [0.15, 0.2) is 30.0 Å². The molecule has 0 aliphatic rings. The molecule has 0 aliphatic heterocycles. The van der Waals surface area contributed by atoms with Crippen LogP contribution in [0, 0.1) is 5.41 Å². The zero-order chi connectivity index (χ0) is 15.4. The van der Waals surface area contributed by atoms with Crippen molar-refractivity contribution >= 4 is 6.08 Å². The molecule has 1 nitrogen and oxygen atoms in total. The van der Waals surface area contributed by atoms with Gasteiger partial charge in [-0.15, -0.1) is 5.73 Å². The summed E-state index contributed by atoms with van der Waals surface area (Å²) in [5.41, 5.74) is 13.2. The number of benzene rings is 1. The lowest BCUT2D eigenvalue weighted by Crippen LogP contribution is -2.13. The molecule has 0 bridgehead atoms. The van der Waals surface area contributed by atoms with E-state index in [2.05, 4.69) is 77.6 Å². The van der Waals surface area contributed by atoms with Crippen LogP contribution in [-0.2, 0) is 11.8 Å². The number of hydrogen-bond acceptors (Lipinski definition) is 1. The fraction of sp³-hybridized carbons (Fsp3) is 0.526. The van der Waals surface area contributed by atoms with Crippen molar-refractivity contribution in [3.8, 4) is 0 Å². The molecule has 0 amide bonds. The zero-order valence-corrected chi connectivity index (χ0v) is 13.9. The van der Waals surface area contributed by atoms with Gasteiger partial charge in [0.05, 0.1) is 0 Å². The van der Waals surface area contributed by atoms with Gasteiger partial charge < -0.3 is 5.73 Å². The highest BCUT2D eigenvalue weighted by molar-refractivity contribution is 5.56. The Morgan fingerprint density at radius 3 is 2.25 bits per heavy atom. The van der Waals surface area contributed by atoms with E-state index in [9.17, 15) is 0 Å². The van der Waals surface area contributed by atoms with Crippen LogP contribution in [0.1, 0.15) is 58.2 Å². The SMILES string of the molecule is CC(C)(C)C=C=Cc1cc(CCN)ccc1C(C)(C)C. The summed E-state index contributed by atoms with van der Waals surface area (Å²) >= 11 is 0. The summed E-state index contributed by atoms with van der Waals surface area (Å²) in [4.78, 5) is 0. The molecule has 1 heteroatoms. The molecule has 2 N–H and O–H groups in total. The second-order valence-electron chi connectivity index (χ2n) is 7.53. The molecule has 1 aromatic carbocycles. The lowest BCUT2D eigenvalue weighted by Gasteiger charge is -2.22. The first kappa shape index (κ1) is 16.8. The summed E-state index contributed by atoms with van der Waals surface area (Å²) < 4.78 is 0. The number of nitrogens with two attached hydrogens (primary N) is 1. The first-order valence-corrected chi connectivity index (χ1v) is 7.40. The average Bonchev–Trinajstić information content (AvgIpc) is 2.26. The predicted octanol–water partition coefficient (Wildman–Crippen LogP) is 4.70. The Morgan fingerprint density at radius 2 is 1.75 bits per heavy atom. The van der Waals surface area contributed by atoms with Crippen molar-refractivity contribution in [2.24, 2.45) is 11.1 Å². The Balaban J connectivity index is 3.25. The molecule has 110 valence electrons. The summed E-state index contributed by atoms with van der Waals surface area (Å²) in [5.74, 6) is 0. The maximum absolute atomic E-state index is 5.66. The highest BCUT2D eigenvalue weighted by Crippen LogP contribution is 2.28. The molecule has 20 heavy (non-hydrogen) atoms. The van der Waals surface area contributed by atoms with Gasteiger partial charge in [0.1, 0.15) is 0 Å². The molecule has 0 aromatic heterocycles. The van der Waals surface area contributed by atoms with Gasteiger partial charge in [-0.25, -0.2) is 0 Å². The van der Waals surface area contributed by atoms with Gasteiger partial charge in [-0.3, -0.25) is 0 Å². The van der Waals surface area contributed by atoms with Gasteiger partial charge in [0.2, 0.25) is 0 Å². The van der Waals surface area contributed by atoms with Crippen LogP contribution >= 0.6 is 0 Å². The minimum absolute atomic E-state index is 0.135. The van der Waals surface area contributed by atoms with Crippen LogP contribution in [0.25, 0.3) is 6.08 Å². The van der Waals surface area contributed by atoms with Crippen molar-refractivity contribution in [2.45, 2.75) is 53.4 Å². The predicted molar refractivity (Wildman–Crippen MR) is 89.9 cm³/mol. The Kier molecular flexibility index (Phi) is 5.39. The Labute approximate surface area is 124 Å². The molecule has 0 spiro atoms. The third-order valence-electron chi connectivity index (χ3n) is 3.11. The largest absolute Gasteiger partial charge is 0.330 e. The van der Waals surface area contributed by atoms with E-state index in [0.717, 1.165) is 6.42 Å². The third kappa shape index (κ3) is 5.36. The Hall–Kier alpha value is -1.30. The maximum atomic E-state index is 5.66. The van der Waals surface area contributed by atoms with E-state index in [1.165, 1.54) is 16.7 Å². The molecule has 0 aliphatic carbocycles. The smallest absolute Gasteiger partial charge is 0.00367 e. The van der Waals surface area contributed by atoms with Crippen molar-refractivity contribution in [3.63, 3.8) is 0 Å². The summed E-state index contributed by atoms with van der Waals surface area (Å²) in [6, 6.07) is 6.67. The fourth-order valence-corrected chi connectivity index (χ4v) is 2.12. The van der Waals surface area contributed by atoms with Gasteiger partial charge in [0, 0.05) is 0 Å². The summed E-state index contributed by atoms with van der Waals surface area (Å²) in [5, 5.41) is 0. The lowest BCUT2D eigenvalue weighted by molar-refractivity contribution is 0.545. The Bertz CT molecular complexity index is 504. The first-order chi connectivity index (χ1) is 9.13.